The number of carbonyl (C=O) groups excluding carboxylic acids is 2. The highest BCUT2D eigenvalue weighted by atomic mass is 32.1. The van der Waals surface area contributed by atoms with Gasteiger partial charge in [0.15, 0.2) is 0 Å². The first kappa shape index (κ1) is 21.7. The summed E-state index contributed by atoms with van der Waals surface area (Å²) in [7, 11) is 0. The molecule has 1 saturated carbocycles. The third kappa shape index (κ3) is 3.93. The Morgan fingerprint density at radius 2 is 1.86 bits per heavy atom. The molecule has 6 rings (SSSR count). The number of para-hydroxylation sites is 2. The molecule has 176 valence electrons. The maximum Gasteiger partial charge on any atom is 0.268 e. The number of nitrogens with zero attached hydrogens (tertiary/aromatic N) is 4. The molecule has 7 nitrogen and oxygen atoms in total. The molecule has 4 heterocycles. The number of carbonyl (C=O) groups is 2. The molecule has 2 aliphatic rings. The number of anilines is 1. The number of rotatable bonds is 5. The monoisotopic (exact) mass is 483 g/mol. The number of pyridine rings is 1. The molecule has 2 fully saturated rings. The molecule has 0 spiro atoms. The number of hydrogen-bond acceptors (Lipinski definition) is 5. The zero-order chi connectivity index (χ0) is 23.9. The predicted molar refractivity (Wildman–Crippen MR) is 137 cm³/mol. The van der Waals surface area contributed by atoms with Crippen LogP contribution in [-0.4, -0.2) is 44.3 Å². The van der Waals surface area contributed by atoms with Crippen molar-refractivity contribution >= 4 is 40.1 Å². The number of thiophene rings is 1. The first-order valence-electron chi connectivity index (χ1n) is 11.8. The first-order chi connectivity index (χ1) is 17.1. The fourth-order valence-electron chi connectivity index (χ4n) is 5.58. The molecule has 8 heteroatoms. The Hall–Kier alpha value is -3.78. The van der Waals surface area contributed by atoms with E-state index in [1.807, 2.05) is 47.4 Å². The molecule has 1 N–H and O–H groups in total. The molecule has 0 bridgehead atoms. The Kier molecular flexibility index (Phi) is 5.45. The number of benzene rings is 1. The van der Waals surface area contributed by atoms with Crippen molar-refractivity contribution in [1.29, 1.82) is 0 Å². The third-order valence-corrected chi connectivity index (χ3v) is 8.31. The first-order valence-corrected chi connectivity index (χ1v) is 12.6. The lowest BCUT2D eigenvalue weighted by Gasteiger charge is -2.21. The van der Waals surface area contributed by atoms with E-state index in [0.717, 1.165) is 47.4 Å². The van der Waals surface area contributed by atoms with Gasteiger partial charge in [0.05, 0.1) is 15.9 Å². The minimum Gasteiger partial charge on any atom is -0.339 e. The SMILES string of the molecule is C=CC(=O)N1CC2CC(n3c(NC(=O)c4ccc(-c5cccnc5)s4)nc4ccccc43)CC2C1. The molecule has 0 radical (unpaired) electrons. The van der Waals surface area contributed by atoms with E-state index in [-0.39, 0.29) is 17.9 Å². The summed E-state index contributed by atoms with van der Waals surface area (Å²) in [6.07, 6.45) is 6.85. The number of hydrogen-bond donors (Lipinski definition) is 1. The van der Waals surface area contributed by atoms with E-state index < -0.39 is 0 Å². The maximum atomic E-state index is 13.2. The van der Waals surface area contributed by atoms with Gasteiger partial charge in [0.2, 0.25) is 11.9 Å². The molecule has 2 amide bonds. The number of nitrogens with one attached hydrogen (secondary N) is 1. The molecule has 1 aliphatic carbocycles. The summed E-state index contributed by atoms with van der Waals surface area (Å²) < 4.78 is 2.20. The summed E-state index contributed by atoms with van der Waals surface area (Å²) in [6, 6.07) is 15.9. The molecule has 2 unspecified atom stereocenters. The summed E-state index contributed by atoms with van der Waals surface area (Å²) in [4.78, 5) is 37.8. The lowest BCUT2D eigenvalue weighted by Crippen LogP contribution is -2.28. The second-order valence-electron chi connectivity index (χ2n) is 9.25. The Balaban J connectivity index is 1.26. The molecule has 1 aliphatic heterocycles. The number of aromatic nitrogens is 3. The van der Waals surface area contributed by atoms with Gasteiger partial charge >= 0.3 is 0 Å². The standard InChI is InChI=1S/C27H25N5O2S/c1-2-25(33)31-15-18-12-20(13-19(18)16-31)32-22-8-4-3-7-21(22)29-27(32)30-26(34)24-10-9-23(35-24)17-6-5-11-28-14-17/h2-11,14,18-20H,1,12-13,15-16H2,(H,29,30,34). The van der Waals surface area contributed by atoms with Crippen molar-refractivity contribution in [3.05, 3.63) is 78.5 Å². The molecule has 35 heavy (non-hydrogen) atoms. The van der Waals surface area contributed by atoms with Crippen LogP contribution in [0.1, 0.15) is 28.6 Å². The van der Waals surface area contributed by atoms with E-state index in [0.29, 0.717) is 22.7 Å². The Bertz CT molecular complexity index is 1410. The van der Waals surface area contributed by atoms with Crippen molar-refractivity contribution < 1.29 is 9.59 Å². The van der Waals surface area contributed by atoms with Crippen molar-refractivity contribution in [3.8, 4) is 10.4 Å². The second-order valence-corrected chi connectivity index (χ2v) is 10.3. The van der Waals surface area contributed by atoms with Crippen LogP contribution >= 0.6 is 11.3 Å². The largest absolute Gasteiger partial charge is 0.339 e. The Labute approximate surface area is 207 Å². The molecule has 2 atom stereocenters. The van der Waals surface area contributed by atoms with Gasteiger partial charge < -0.3 is 9.47 Å². The van der Waals surface area contributed by atoms with Crippen LogP contribution in [0.5, 0.6) is 0 Å². The van der Waals surface area contributed by atoms with E-state index in [1.165, 1.54) is 17.4 Å². The van der Waals surface area contributed by atoms with Gasteiger partial charge in [-0.15, -0.1) is 11.3 Å². The number of likely N-dealkylation sites (tertiary alicyclic amines) is 1. The summed E-state index contributed by atoms with van der Waals surface area (Å²) in [5.41, 5.74) is 2.88. The fraction of sp³-hybridized carbons (Fsp3) is 0.259. The lowest BCUT2D eigenvalue weighted by atomic mass is 10.0. The van der Waals surface area contributed by atoms with Crippen LogP contribution in [-0.2, 0) is 4.79 Å². The van der Waals surface area contributed by atoms with Gasteiger partial charge in [0, 0.05) is 42.0 Å². The van der Waals surface area contributed by atoms with Gasteiger partial charge in [0.1, 0.15) is 0 Å². The maximum absolute atomic E-state index is 13.2. The van der Waals surface area contributed by atoms with Crippen molar-refractivity contribution in [2.24, 2.45) is 11.8 Å². The third-order valence-electron chi connectivity index (χ3n) is 7.17. The predicted octanol–water partition coefficient (Wildman–Crippen LogP) is 5.01. The molecule has 4 aromatic rings. The van der Waals surface area contributed by atoms with Gasteiger partial charge in [-0.2, -0.15) is 0 Å². The number of amides is 2. The molecule has 1 aromatic carbocycles. The lowest BCUT2D eigenvalue weighted by molar-refractivity contribution is -0.125. The topological polar surface area (TPSA) is 80.1 Å². The van der Waals surface area contributed by atoms with Crippen LogP contribution < -0.4 is 5.32 Å². The van der Waals surface area contributed by atoms with E-state index in [2.05, 4.69) is 27.5 Å². The highest BCUT2D eigenvalue weighted by Crippen LogP contribution is 2.46. The number of imidazole rings is 1. The Morgan fingerprint density at radius 1 is 1.06 bits per heavy atom. The molecule has 3 aromatic heterocycles. The van der Waals surface area contributed by atoms with Gasteiger partial charge in [-0.3, -0.25) is 19.9 Å². The van der Waals surface area contributed by atoms with E-state index in [1.54, 1.807) is 12.4 Å². The van der Waals surface area contributed by atoms with Crippen molar-refractivity contribution in [1.82, 2.24) is 19.4 Å². The minimum atomic E-state index is -0.164. The van der Waals surface area contributed by atoms with Crippen LogP contribution in [0, 0.1) is 11.8 Å². The summed E-state index contributed by atoms with van der Waals surface area (Å²) in [6.45, 7) is 5.17. The normalized spacial score (nSPS) is 21.3. The minimum absolute atomic E-state index is 0.0126. The van der Waals surface area contributed by atoms with Crippen LogP contribution in [0.25, 0.3) is 21.5 Å². The summed E-state index contributed by atoms with van der Waals surface area (Å²) in [5, 5.41) is 3.09. The molecule has 1 saturated heterocycles. The quantitative estimate of drug-likeness (QED) is 0.405. The molecular formula is C27H25N5O2S. The van der Waals surface area contributed by atoms with Gasteiger partial charge in [-0.1, -0.05) is 24.8 Å². The average Bonchev–Trinajstić information content (AvgIpc) is 3.65. The zero-order valence-electron chi connectivity index (χ0n) is 19.1. The van der Waals surface area contributed by atoms with Crippen molar-refractivity contribution in [3.63, 3.8) is 0 Å². The smallest absolute Gasteiger partial charge is 0.268 e. The van der Waals surface area contributed by atoms with Gasteiger partial charge in [0.25, 0.3) is 5.91 Å². The highest BCUT2D eigenvalue weighted by Gasteiger charge is 2.43. The molecular weight excluding hydrogens is 458 g/mol. The van der Waals surface area contributed by atoms with Crippen LogP contribution in [0.15, 0.2) is 73.6 Å². The van der Waals surface area contributed by atoms with Crippen LogP contribution in [0.4, 0.5) is 5.95 Å². The van der Waals surface area contributed by atoms with Crippen LogP contribution in [0.3, 0.4) is 0 Å². The summed E-state index contributed by atoms with van der Waals surface area (Å²) >= 11 is 1.44. The second kappa shape index (κ2) is 8.78. The van der Waals surface area contributed by atoms with Crippen molar-refractivity contribution in [2.45, 2.75) is 18.9 Å². The van der Waals surface area contributed by atoms with E-state index in [4.69, 9.17) is 4.98 Å². The van der Waals surface area contributed by atoms with E-state index in [9.17, 15) is 9.59 Å². The zero-order valence-corrected chi connectivity index (χ0v) is 19.9. The van der Waals surface area contributed by atoms with Crippen LogP contribution in [0.2, 0.25) is 0 Å². The van der Waals surface area contributed by atoms with E-state index >= 15 is 0 Å². The van der Waals surface area contributed by atoms with Gasteiger partial charge in [-0.05, 0) is 61.1 Å². The summed E-state index contributed by atoms with van der Waals surface area (Å²) in [5.74, 6) is 1.33. The van der Waals surface area contributed by atoms with Crippen molar-refractivity contribution in [2.75, 3.05) is 18.4 Å². The highest BCUT2D eigenvalue weighted by molar-refractivity contribution is 7.17. The number of fused-ring (bicyclic) bond motifs is 2. The van der Waals surface area contributed by atoms with Gasteiger partial charge in [-0.25, -0.2) is 4.98 Å². The Morgan fingerprint density at radius 3 is 2.60 bits per heavy atom. The fourth-order valence-corrected chi connectivity index (χ4v) is 6.47. The average molecular weight is 484 g/mol.